The Hall–Kier alpha value is -1.18. The van der Waals surface area contributed by atoms with E-state index in [1.54, 1.807) is 38.0 Å². The standard InChI is InChI=1S/C10H12Cl2N4/c1-15(2)8-6(5-13)10(16(3)4)14-9(12)7(8)11/h1-4H3. The van der Waals surface area contributed by atoms with E-state index < -0.39 is 0 Å². The van der Waals surface area contributed by atoms with Crippen molar-refractivity contribution in [1.29, 1.82) is 5.26 Å². The highest BCUT2D eigenvalue weighted by Gasteiger charge is 2.20. The molecule has 4 nitrogen and oxygen atoms in total. The predicted molar refractivity (Wildman–Crippen MR) is 67.6 cm³/mol. The highest BCUT2D eigenvalue weighted by atomic mass is 35.5. The van der Waals surface area contributed by atoms with Crippen LogP contribution in [0.3, 0.4) is 0 Å². The first kappa shape index (κ1) is 12.9. The second kappa shape index (κ2) is 4.77. The molecule has 1 heterocycles. The molecule has 0 saturated carbocycles. The summed E-state index contributed by atoms with van der Waals surface area (Å²) in [7, 11) is 7.20. The van der Waals surface area contributed by atoms with Crippen LogP contribution in [0.15, 0.2) is 0 Å². The van der Waals surface area contributed by atoms with Gasteiger partial charge in [-0.3, -0.25) is 0 Å². The Morgan fingerprint density at radius 2 is 1.69 bits per heavy atom. The summed E-state index contributed by atoms with van der Waals surface area (Å²) >= 11 is 12.0. The average molecular weight is 259 g/mol. The summed E-state index contributed by atoms with van der Waals surface area (Å²) in [6, 6.07) is 2.11. The maximum atomic E-state index is 9.17. The Balaban J connectivity index is 3.64. The quantitative estimate of drug-likeness (QED) is 0.765. The Morgan fingerprint density at radius 3 is 2.06 bits per heavy atom. The van der Waals surface area contributed by atoms with Gasteiger partial charge in [0, 0.05) is 28.2 Å². The first-order valence-electron chi connectivity index (χ1n) is 4.53. The molecule has 0 radical (unpaired) electrons. The summed E-state index contributed by atoms with van der Waals surface area (Å²) in [6.45, 7) is 0. The van der Waals surface area contributed by atoms with Crippen LogP contribution in [-0.4, -0.2) is 33.2 Å². The molecule has 1 aromatic heterocycles. The van der Waals surface area contributed by atoms with E-state index in [0.717, 1.165) is 0 Å². The molecule has 0 aromatic carbocycles. The molecule has 0 N–H and O–H groups in total. The van der Waals surface area contributed by atoms with Crippen LogP contribution < -0.4 is 9.80 Å². The van der Waals surface area contributed by atoms with Crippen molar-refractivity contribution in [2.75, 3.05) is 38.0 Å². The predicted octanol–water partition coefficient (Wildman–Crippen LogP) is 2.39. The third-order valence-electron chi connectivity index (χ3n) is 2.04. The summed E-state index contributed by atoms with van der Waals surface area (Å²) in [6.07, 6.45) is 0. The number of pyridine rings is 1. The zero-order chi connectivity index (χ0) is 12.5. The van der Waals surface area contributed by atoms with Crippen LogP contribution in [0.2, 0.25) is 10.2 Å². The average Bonchev–Trinajstić information content (AvgIpc) is 2.20. The molecule has 0 aliphatic rings. The lowest BCUT2D eigenvalue weighted by Gasteiger charge is -2.21. The topological polar surface area (TPSA) is 43.2 Å². The van der Waals surface area contributed by atoms with Gasteiger partial charge < -0.3 is 9.80 Å². The summed E-state index contributed by atoms with van der Waals surface area (Å²) in [5.41, 5.74) is 1.01. The van der Waals surface area contributed by atoms with Crippen molar-refractivity contribution >= 4 is 34.7 Å². The number of hydrogen-bond donors (Lipinski definition) is 0. The van der Waals surface area contributed by atoms with E-state index in [0.29, 0.717) is 22.1 Å². The minimum Gasteiger partial charge on any atom is -0.375 e. The third-order valence-corrected chi connectivity index (χ3v) is 2.76. The van der Waals surface area contributed by atoms with Gasteiger partial charge in [-0.15, -0.1) is 0 Å². The van der Waals surface area contributed by atoms with Crippen LogP contribution in [0.4, 0.5) is 11.5 Å². The van der Waals surface area contributed by atoms with Gasteiger partial charge in [-0.2, -0.15) is 5.26 Å². The maximum absolute atomic E-state index is 9.17. The molecular weight excluding hydrogens is 247 g/mol. The molecule has 0 saturated heterocycles. The van der Waals surface area contributed by atoms with E-state index in [9.17, 15) is 0 Å². The zero-order valence-corrected chi connectivity index (χ0v) is 11.1. The molecule has 86 valence electrons. The molecule has 0 amide bonds. The van der Waals surface area contributed by atoms with Crippen LogP contribution in [-0.2, 0) is 0 Å². The lowest BCUT2D eigenvalue weighted by atomic mass is 10.2. The van der Waals surface area contributed by atoms with Gasteiger partial charge in [0.1, 0.15) is 22.5 Å². The number of aromatic nitrogens is 1. The van der Waals surface area contributed by atoms with Crippen molar-refractivity contribution in [3.05, 3.63) is 15.7 Å². The monoisotopic (exact) mass is 258 g/mol. The molecule has 0 unspecified atom stereocenters. The number of halogens is 2. The molecule has 6 heteroatoms. The Morgan fingerprint density at radius 1 is 1.12 bits per heavy atom. The largest absolute Gasteiger partial charge is 0.375 e. The summed E-state index contributed by atoms with van der Waals surface area (Å²) in [4.78, 5) is 7.58. The Bertz CT molecular complexity index is 449. The fraction of sp³-hybridized carbons (Fsp3) is 0.400. The molecule has 0 aliphatic heterocycles. The highest BCUT2D eigenvalue weighted by Crippen LogP contribution is 2.37. The number of nitrogens with zero attached hydrogens (tertiary/aromatic N) is 4. The summed E-state index contributed by atoms with van der Waals surface area (Å²) in [5, 5.41) is 9.67. The number of nitriles is 1. The molecule has 0 bridgehead atoms. The van der Waals surface area contributed by atoms with E-state index in [4.69, 9.17) is 28.5 Å². The van der Waals surface area contributed by atoms with Gasteiger partial charge in [0.05, 0.1) is 5.69 Å². The van der Waals surface area contributed by atoms with Crippen molar-refractivity contribution in [3.8, 4) is 6.07 Å². The van der Waals surface area contributed by atoms with Crippen molar-refractivity contribution < 1.29 is 0 Å². The zero-order valence-electron chi connectivity index (χ0n) is 9.54. The van der Waals surface area contributed by atoms with E-state index in [-0.39, 0.29) is 5.15 Å². The highest BCUT2D eigenvalue weighted by molar-refractivity contribution is 6.43. The molecule has 0 fully saturated rings. The minimum atomic E-state index is 0.202. The van der Waals surface area contributed by atoms with Crippen molar-refractivity contribution in [1.82, 2.24) is 4.98 Å². The second-order valence-corrected chi connectivity index (χ2v) is 4.40. The van der Waals surface area contributed by atoms with Crippen molar-refractivity contribution in [3.63, 3.8) is 0 Å². The smallest absolute Gasteiger partial charge is 0.152 e. The Kier molecular flexibility index (Phi) is 3.84. The molecule has 0 aliphatic carbocycles. The van der Waals surface area contributed by atoms with Gasteiger partial charge in [0.2, 0.25) is 0 Å². The lowest BCUT2D eigenvalue weighted by Crippen LogP contribution is -2.17. The SMILES string of the molecule is CN(C)c1nc(Cl)c(Cl)c(N(C)C)c1C#N. The third kappa shape index (κ3) is 2.16. The van der Waals surface area contributed by atoms with E-state index in [1.165, 1.54) is 0 Å². The van der Waals surface area contributed by atoms with Crippen LogP contribution in [0.5, 0.6) is 0 Å². The van der Waals surface area contributed by atoms with Gasteiger partial charge in [0.15, 0.2) is 5.15 Å². The van der Waals surface area contributed by atoms with Crippen LogP contribution >= 0.6 is 23.2 Å². The maximum Gasteiger partial charge on any atom is 0.152 e. The number of rotatable bonds is 2. The fourth-order valence-electron chi connectivity index (χ4n) is 1.36. The second-order valence-electron chi connectivity index (χ2n) is 3.66. The van der Waals surface area contributed by atoms with E-state index >= 15 is 0 Å². The van der Waals surface area contributed by atoms with Crippen molar-refractivity contribution in [2.45, 2.75) is 0 Å². The fourth-order valence-corrected chi connectivity index (χ4v) is 1.83. The van der Waals surface area contributed by atoms with Gasteiger partial charge in [-0.25, -0.2) is 4.98 Å². The van der Waals surface area contributed by atoms with Crippen molar-refractivity contribution in [2.24, 2.45) is 0 Å². The first-order valence-corrected chi connectivity index (χ1v) is 5.29. The van der Waals surface area contributed by atoms with E-state index in [1.807, 2.05) is 0 Å². The van der Waals surface area contributed by atoms with Crippen LogP contribution in [0.1, 0.15) is 5.56 Å². The molecule has 1 aromatic rings. The summed E-state index contributed by atoms with van der Waals surface area (Å²) < 4.78 is 0. The van der Waals surface area contributed by atoms with Crippen LogP contribution in [0, 0.1) is 11.3 Å². The summed E-state index contributed by atoms with van der Waals surface area (Å²) in [5.74, 6) is 0.514. The molecule has 16 heavy (non-hydrogen) atoms. The Labute approximate surface area is 105 Å². The van der Waals surface area contributed by atoms with Gasteiger partial charge in [-0.1, -0.05) is 23.2 Å². The first-order chi connectivity index (χ1) is 7.40. The molecular formula is C10H12Cl2N4. The minimum absolute atomic E-state index is 0.202. The molecule has 0 spiro atoms. The van der Waals surface area contributed by atoms with Gasteiger partial charge >= 0.3 is 0 Å². The molecule has 1 rings (SSSR count). The van der Waals surface area contributed by atoms with Gasteiger partial charge in [-0.05, 0) is 0 Å². The normalized spacial score (nSPS) is 9.81. The van der Waals surface area contributed by atoms with Crippen LogP contribution in [0.25, 0.3) is 0 Å². The van der Waals surface area contributed by atoms with Gasteiger partial charge in [0.25, 0.3) is 0 Å². The number of anilines is 2. The number of hydrogen-bond acceptors (Lipinski definition) is 4. The lowest BCUT2D eigenvalue weighted by molar-refractivity contribution is 1.04. The van der Waals surface area contributed by atoms with E-state index in [2.05, 4.69) is 11.1 Å². The molecule has 0 atom stereocenters.